The first-order valence-corrected chi connectivity index (χ1v) is 8.49. The predicted molar refractivity (Wildman–Crippen MR) is 92.4 cm³/mol. The Hall–Kier alpha value is -1.46. The van der Waals surface area contributed by atoms with Crippen molar-refractivity contribution in [1.82, 2.24) is 4.90 Å². The molecule has 0 bridgehead atoms. The van der Waals surface area contributed by atoms with Crippen LogP contribution in [0.1, 0.15) is 30.1 Å². The van der Waals surface area contributed by atoms with Crippen molar-refractivity contribution in [2.24, 2.45) is 0 Å². The van der Waals surface area contributed by atoms with Gasteiger partial charge in [-0.15, -0.1) is 0 Å². The SMILES string of the molecule is O[C@H](CN1CCC(O)(c2ccccc2F)CC1)c1ccc(Cl)cc1. The van der Waals surface area contributed by atoms with Crippen molar-refractivity contribution in [2.75, 3.05) is 19.6 Å². The number of β-amino-alcohol motifs (C(OH)–C–C–N with tert-alkyl or cyclic N) is 1. The van der Waals surface area contributed by atoms with Gasteiger partial charge in [-0.2, -0.15) is 0 Å². The van der Waals surface area contributed by atoms with Gasteiger partial charge in [0.2, 0.25) is 0 Å². The van der Waals surface area contributed by atoms with Crippen molar-refractivity contribution in [1.29, 1.82) is 0 Å². The molecule has 1 saturated heterocycles. The normalized spacial score (nSPS) is 19.2. The summed E-state index contributed by atoms with van der Waals surface area (Å²) >= 11 is 5.86. The molecular weight excluding hydrogens is 329 g/mol. The number of piperidine rings is 1. The van der Waals surface area contributed by atoms with E-state index in [1.54, 1.807) is 30.3 Å². The largest absolute Gasteiger partial charge is 0.387 e. The maximum absolute atomic E-state index is 14.0. The quantitative estimate of drug-likeness (QED) is 0.888. The van der Waals surface area contributed by atoms with Crippen molar-refractivity contribution >= 4 is 11.6 Å². The van der Waals surface area contributed by atoms with Crippen molar-refractivity contribution in [3.8, 4) is 0 Å². The highest BCUT2D eigenvalue weighted by Crippen LogP contribution is 2.34. The lowest BCUT2D eigenvalue weighted by Crippen LogP contribution is -2.44. The monoisotopic (exact) mass is 349 g/mol. The first-order chi connectivity index (χ1) is 11.5. The number of rotatable bonds is 4. The summed E-state index contributed by atoms with van der Waals surface area (Å²) in [5.41, 5.74) is 0.0461. The van der Waals surface area contributed by atoms with Crippen LogP contribution in [0.4, 0.5) is 4.39 Å². The minimum absolute atomic E-state index is 0.364. The molecule has 2 aromatic rings. The van der Waals surface area contributed by atoms with Crippen LogP contribution in [-0.2, 0) is 5.60 Å². The number of hydrogen-bond donors (Lipinski definition) is 2. The van der Waals surface area contributed by atoms with E-state index in [2.05, 4.69) is 4.90 Å². The summed E-state index contributed by atoms with van der Waals surface area (Å²) in [5.74, 6) is -0.366. The Labute approximate surface area is 146 Å². The van der Waals surface area contributed by atoms with E-state index in [0.717, 1.165) is 5.56 Å². The van der Waals surface area contributed by atoms with E-state index in [1.807, 2.05) is 12.1 Å². The zero-order valence-electron chi connectivity index (χ0n) is 13.3. The van der Waals surface area contributed by atoms with E-state index >= 15 is 0 Å². The van der Waals surface area contributed by atoms with Gasteiger partial charge in [0, 0.05) is 30.2 Å². The summed E-state index contributed by atoms with van der Waals surface area (Å²) in [6, 6.07) is 13.5. The Kier molecular flexibility index (Phi) is 5.21. The number of hydrogen-bond acceptors (Lipinski definition) is 3. The molecule has 5 heteroatoms. The lowest BCUT2D eigenvalue weighted by atomic mass is 9.84. The van der Waals surface area contributed by atoms with Gasteiger partial charge in [-0.05, 0) is 36.6 Å². The summed E-state index contributed by atoms with van der Waals surface area (Å²) in [6.07, 6.45) is 0.282. The molecule has 1 aliphatic rings. The Morgan fingerprint density at radius 3 is 2.33 bits per heavy atom. The molecule has 0 spiro atoms. The van der Waals surface area contributed by atoms with Crippen LogP contribution < -0.4 is 0 Å². The Bertz CT molecular complexity index is 684. The first-order valence-electron chi connectivity index (χ1n) is 8.11. The van der Waals surface area contributed by atoms with Gasteiger partial charge in [-0.1, -0.05) is 41.9 Å². The van der Waals surface area contributed by atoms with Gasteiger partial charge < -0.3 is 15.1 Å². The molecule has 0 unspecified atom stereocenters. The molecule has 2 N–H and O–H groups in total. The minimum Gasteiger partial charge on any atom is -0.387 e. The second kappa shape index (κ2) is 7.19. The molecular formula is C19H21ClFNO2. The van der Waals surface area contributed by atoms with Gasteiger partial charge in [-0.25, -0.2) is 4.39 Å². The Morgan fingerprint density at radius 2 is 1.71 bits per heavy atom. The molecule has 0 saturated carbocycles. The van der Waals surface area contributed by atoms with Crippen LogP contribution in [0.15, 0.2) is 48.5 Å². The van der Waals surface area contributed by atoms with Crippen LogP contribution in [0.3, 0.4) is 0 Å². The molecule has 0 aromatic heterocycles. The fourth-order valence-electron chi connectivity index (χ4n) is 3.25. The van der Waals surface area contributed by atoms with Gasteiger partial charge in [0.15, 0.2) is 0 Å². The lowest BCUT2D eigenvalue weighted by molar-refractivity contribution is -0.0367. The van der Waals surface area contributed by atoms with E-state index in [1.165, 1.54) is 6.07 Å². The fraction of sp³-hybridized carbons (Fsp3) is 0.368. The number of aliphatic hydroxyl groups is 2. The molecule has 1 heterocycles. The van der Waals surface area contributed by atoms with Crippen LogP contribution in [0.25, 0.3) is 0 Å². The van der Waals surface area contributed by atoms with Crippen LogP contribution in [0.5, 0.6) is 0 Å². The predicted octanol–water partition coefficient (Wildman–Crippen LogP) is 3.50. The molecule has 0 aliphatic carbocycles. The molecule has 1 aliphatic heterocycles. The molecule has 24 heavy (non-hydrogen) atoms. The first kappa shape index (κ1) is 17.4. The standard InChI is InChI=1S/C19H21ClFNO2/c20-15-7-5-14(6-8-15)18(23)13-22-11-9-19(24,10-12-22)16-3-1-2-4-17(16)21/h1-8,18,23-24H,9-13H2/t18-/m1/s1. The maximum Gasteiger partial charge on any atom is 0.129 e. The number of benzene rings is 2. The van der Waals surface area contributed by atoms with Gasteiger partial charge >= 0.3 is 0 Å². The van der Waals surface area contributed by atoms with Crippen molar-refractivity contribution in [3.05, 3.63) is 70.5 Å². The third-order valence-electron chi connectivity index (χ3n) is 4.74. The topological polar surface area (TPSA) is 43.7 Å². The highest BCUT2D eigenvalue weighted by molar-refractivity contribution is 6.30. The second-order valence-corrected chi connectivity index (χ2v) is 6.82. The average molecular weight is 350 g/mol. The molecule has 2 aromatic carbocycles. The van der Waals surface area contributed by atoms with Crippen LogP contribution in [0.2, 0.25) is 5.02 Å². The summed E-state index contributed by atoms with van der Waals surface area (Å²) < 4.78 is 14.0. The lowest BCUT2D eigenvalue weighted by Gasteiger charge is -2.39. The average Bonchev–Trinajstić information content (AvgIpc) is 2.58. The van der Waals surface area contributed by atoms with Crippen LogP contribution in [0, 0.1) is 5.82 Å². The summed E-state index contributed by atoms with van der Waals surface area (Å²) in [4.78, 5) is 2.09. The van der Waals surface area contributed by atoms with Gasteiger partial charge in [0.1, 0.15) is 5.82 Å². The Balaban J connectivity index is 1.61. The Morgan fingerprint density at radius 1 is 1.08 bits per heavy atom. The molecule has 0 amide bonds. The van der Waals surface area contributed by atoms with Crippen molar-refractivity contribution in [2.45, 2.75) is 24.5 Å². The van der Waals surface area contributed by atoms with Gasteiger partial charge in [0.25, 0.3) is 0 Å². The van der Waals surface area contributed by atoms with E-state index in [9.17, 15) is 14.6 Å². The van der Waals surface area contributed by atoms with Crippen LogP contribution in [-0.4, -0.2) is 34.7 Å². The summed E-state index contributed by atoms with van der Waals surface area (Å²) in [7, 11) is 0. The van der Waals surface area contributed by atoms with E-state index < -0.39 is 11.7 Å². The van der Waals surface area contributed by atoms with E-state index in [0.29, 0.717) is 43.1 Å². The molecule has 1 atom stereocenters. The number of nitrogens with zero attached hydrogens (tertiary/aromatic N) is 1. The summed E-state index contributed by atoms with van der Waals surface area (Å²) in [5, 5.41) is 21.8. The second-order valence-electron chi connectivity index (χ2n) is 6.38. The number of likely N-dealkylation sites (tertiary alicyclic amines) is 1. The van der Waals surface area contributed by atoms with E-state index in [-0.39, 0.29) is 5.82 Å². The molecule has 0 radical (unpaired) electrons. The molecule has 3 rings (SSSR count). The van der Waals surface area contributed by atoms with Crippen molar-refractivity contribution < 1.29 is 14.6 Å². The molecule has 128 valence electrons. The van der Waals surface area contributed by atoms with Gasteiger partial charge in [-0.3, -0.25) is 0 Å². The van der Waals surface area contributed by atoms with Crippen LogP contribution >= 0.6 is 11.6 Å². The minimum atomic E-state index is -1.13. The highest BCUT2D eigenvalue weighted by Gasteiger charge is 2.36. The molecule has 3 nitrogen and oxygen atoms in total. The zero-order chi connectivity index (χ0) is 17.2. The zero-order valence-corrected chi connectivity index (χ0v) is 14.1. The van der Waals surface area contributed by atoms with Gasteiger partial charge in [0.05, 0.1) is 11.7 Å². The summed E-state index contributed by atoms with van der Waals surface area (Å²) in [6.45, 7) is 1.69. The third-order valence-corrected chi connectivity index (χ3v) is 5.00. The number of halogens is 2. The fourth-order valence-corrected chi connectivity index (χ4v) is 3.37. The van der Waals surface area contributed by atoms with Crippen molar-refractivity contribution in [3.63, 3.8) is 0 Å². The third kappa shape index (κ3) is 3.78. The number of aliphatic hydroxyl groups excluding tert-OH is 1. The smallest absolute Gasteiger partial charge is 0.129 e. The highest BCUT2D eigenvalue weighted by atomic mass is 35.5. The van der Waals surface area contributed by atoms with E-state index in [4.69, 9.17) is 11.6 Å². The molecule has 1 fully saturated rings. The maximum atomic E-state index is 14.0.